The van der Waals surface area contributed by atoms with Crippen LogP contribution in [0.25, 0.3) is 10.4 Å². The van der Waals surface area contributed by atoms with Crippen molar-refractivity contribution in [2.75, 3.05) is 5.32 Å². The second-order valence-electron chi connectivity index (χ2n) is 6.35. The molecule has 1 heterocycles. The van der Waals surface area contributed by atoms with Crippen LogP contribution in [0.3, 0.4) is 0 Å². The van der Waals surface area contributed by atoms with E-state index in [9.17, 15) is 18.8 Å². The molecule has 1 aliphatic carbocycles. The third-order valence-corrected chi connectivity index (χ3v) is 5.82. The van der Waals surface area contributed by atoms with Gasteiger partial charge in [-0.3, -0.25) is 4.79 Å². The van der Waals surface area contributed by atoms with E-state index >= 15 is 0 Å². The quantitative estimate of drug-likeness (QED) is 0.655. The summed E-state index contributed by atoms with van der Waals surface area (Å²) >= 11 is 1.28. The van der Waals surface area contributed by atoms with Crippen molar-refractivity contribution in [2.45, 2.75) is 19.3 Å². The van der Waals surface area contributed by atoms with Crippen LogP contribution in [0.4, 0.5) is 14.5 Å². The van der Waals surface area contributed by atoms with E-state index in [1.807, 2.05) is 12.1 Å². The summed E-state index contributed by atoms with van der Waals surface area (Å²) in [6.07, 6.45) is 2.65. The molecule has 1 N–H and O–H groups in total. The van der Waals surface area contributed by atoms with Crippen LogP contribution in [-0.2, 0) is 12.8 Å². The van der Waals surface area contributed by atoms with Crippen molar-refractivity contribution in [3.8, 4) is 16.5 Å². The number of carbonyl (C=O) groups excluding carboxylic acids is 1. The lowest BCUT2D eigenvalue weighted by Crippen LogP contribution is -2.12. The van der Waals surface area contributed by atoms with E-state index in [1.54, 1.807) is 12.1 Å². The zero-order valence-electron chi connectivity index (χ0n) is 14.2. The number of halogens is 2. The summed E-state index contributed by atoms with van der Waals surface area (Å²) in [5.74, 6) is -2.17. The lowest BCUT2D eigenvalue weighted by Gasteiger charge is -2.07. The first-order valence-electron chi connectivity index (χ1n) is 8.48. The van der Waals surface area contributed by atoms with Gasteiger partial charge in [-0.1, -0.05) is 12.1 Å². The van der Waals surface area contributed by atoms with E-state index < -0.39 is 23.2 Å². The Labute approximate surface area is 158 Å². The number of aryl methyl sites for hydroxylation is 2. The predicted octanol–water partition coefficient (Wildman–Crippen LogP) is 5.31. The van der Waals surface area contributed by atoms with E-state index in [4.69, 9.17) is 0 Å². The van der Waals surface area contributed by atoms with Crippen molar-refractivity contribution in [1.29, 1.82) is 5.26 Å². The highest BCUT2D eigenvalue weighted by molar-refractivity contribution is 7.17. The summed E-state index contributed by atoms with van der Waals surface area (Å²) in [5.41, 5.74) is 3.24. The summed E-state index contributed by atoms with van der Waals surface area (Å²) < 4.78 is 27.6. The van der Waals surface area contributed by atoms with Crippen LogP contribution in [0.2, 0.25) is 0 Å². The molecule has 0 unspecified atom stereocenters. The average molecular weight is 380 g/mol. The summed E-state index contributed by atoms with van der Waals surface area (Å²) in [4.78, 5) is 13.9. The topological polar surface area (TPSA) is 52.9 Å². The molecule has 4 rings (SSSR count). The first kappa shape index (κ1) is 17.4. The number of carbonyl (C=O) groups is 1. The highest BCUT2D eigenvalue weighted by atomic mass is 32.1. The Kier molecular flexibility index (Phi) is 4.46. The minimum Gasteiger partial charge on any atom is -0.316 e. The molecule has 0 spiro atoms. The average Bonchev–Trinajstić information content (AvgIpc) is 3.02. The second-order valence-corrected chi connectivity index (χ2v) is 7.41. The molecule has 6 heteroatoms. The van der Waals surface area contributed by atoms with Crippen molar-refractivity contribution in [3.63, 3.8) is 0 Å². The Bertz CT molecular complexity index is 1080. The molecule has 1 amide bonds. The number of benzene rings is 2. The lowest BCUT2D eigenvalue weighted by molar-refractivity contribution is 0.102. The Hall–Kier alpha value is -3.04. The van der Waals surface area contributed by atoms with E-state index in [1.165, 1.54) is 17.4 Å². The molecular formula is C21H14F2N2OS. The van der Waals surface area contributed by atoms with E-state index in [2.05, 4.69) is 11.4 Å². The first-order valence-corrected chi connectivity index (χ1v) is 9.30. The molecule has 2 aromatic carbocycles. The Morgan fingerprint density at radius 3 is 2.56 bits per heavy atom. The third kappa shape index (κ3) is 3.22. The SMILES string of the molecule is N#Cc1ccc2c(c1)-c1sc(C(=O)Nc3c(F)cccc3F)cc1CCC2. The Balaban J connectivity index is 1.72. The van der Waals surface area contributed by atoms with Crippen LogP contribution in [0.15, 0.2) is 42.5 Å². The van der Waals surface area contributed by atoms with Crippen LogP contribution in [-0.4, -0.2) is 5.91 Å². The number of hydrogen-bond acceptors (Lipinski definition) is 3. The number of nitriles is 1. The van der Waals surface area contributed by atoms with E-state index in [0.29, 0.717) is 10.4 Å². The van der Waals surface area contributed by atoms with Crippen molar-refractivity contribution in [3.05, 3.63) is 75.7 Å². The highest BCUT2D eigenvalue weighted by Crippen LogP contribution is 2.39. The Morgan fingerprint density at radius 1 is 1.07 bits per heavy atom. The number of hydrogen-bond donors (Lipinski definition) is 1. The molecule has 0 radical (unpaired) electrons. The van der Waals surface area contributed by atoms with Crippen LogP contribution in [0, 0.1) is 23.0 Å². The Morgan fingerprint density at radius 2 is 1.81 bits per heavy atom. The zero-order valence-corrected chi connectivity index (χ0v) is 15.0. The number of fused-ring (bicyclic) bond motifs is 3. The fourth-order valence-corrected chi connectivity index (χ4v) is 4.45. The van der Waals surface area contributed by atoms with Crippen molar-refractivity contribution in [1.82, 2.24) is 0 Å². The molecule has 3 nitrogen and oxygen atoms in total. The molecule has 0 saturated carbocycles. The van der Waals surface area contributed by atoms with Gasteiger partial charge in [0.05, 0.1) is 16.5 Å². The van der Waals surface area contributed by atoms with Gasteiger partial charge in [-0.05, 0) is 66.3 Å². The van der Waals surface area contributed by atoms with Gasteiger partial charge in [-0.25, -0.2) is 8.78 Å². The number of para-hydroxylation sites is 1. The minimum absolute atomic E-state index is 0.387. The third-order valence-electron chi connectivity index (χ3n) is 4.61. The molecule has 3 aromatic rings. The van der Waals surface area contributed by atoms with Crippen molar-refractivity contribution in [2.24, 2.45) is 0 Å². The van der Waals surface area contributed by atoms with Crippen LogP contribution in [0.5, 0.6) is 0 Å². The molecular weight excluding hydrogens is 366 g/mol. The van der Waals surface area contributed by atoms with Gasteiger partial charge in [0.1, 0.15) is 17.3 Å². The van der Waals surface area contributed by atoms with Crippen molar-refractivity contribution < 1.29 is 13.6 Å². The van der Waals surface area contributed by atoms with Gasteiger partial charge in [0.15, 0.2) is 0 Å². The monoisotopic (exact) mass is 380 g/mol. The molecule has 134 valence electrons. The standard InChI is InChI=1S/C21H14F2N2OS/c22-16-5-2-6-17(23)19(16)25-21(26)18-10-14-4-1-3-13-8-7-12(11-24)9-15(13)20(14)27-18/h2,5-10H,1,3-4H2,(H,25,26). The van der Waals surface area contributed by atoms with Gasteiger partial charge < -0.3 is 5.32 Å². The summed E-state index contributed by atoms with van der Waals surface area (Å²) in [5, 5.41) is 11.5. The van der Waals surface area contributed by atoms with Crippen LogP contribution >= 0.6 is 11.3 Å². The normalized spacial score (nSPS) is 12.5. The number of nitrogens with zero attached hydrogens (tertiary/aromatic N) is 1. The van der Waals surface area contributed by atoms with Gasteiger partial charge >= 0.3 is 0 Å². The fourth-order valence-electron chi connectivity index (χ4n) is 3.29. The van der Waals surface area contributed by atoms with Gasteiger partial charge in [0.2, 0.25) is 0 Å². The predicted molar refractivity (Wildman–Crippen MR) is 101 cm³/mol. The summed E-state index contributed by atoms with van der Waals surface area (Å²) in [6, 6.07) is 13.0. The van der Waals surface area contributed by atoms with E-state index in [-0.39, 0.29) is 0 Å². The molecule has 0 bridgehead atoms. The zero-order chi connectivity index (χ0) is 19.0. The van der Waals surface area contributed by atoms with Gasteiger partial charge in [-0.15, -0.1) is 11.3 Å². The molecule has 27 heavy (non-hydrogen) atoms. The molecule has 0 fully saturated rings. The van der Waals surface area contributed by atoms with Gasteiger partial charge in [0.25, 0.3) is 5.91 Å². The lowest BCUT2D eigenvalue weighted by atomic mass is 10.0. The van der Waals surface area contributed by atoms with Gasteiger partial charge in [0, 0.05) is 4.88 Å². The number of thiophene rings is 1. The maximum Gasteiger partial charge on any atom is 0.265 e. The molecule has 1 aliphatic rings. The number of nitrogens with one attached hydrogen (secondary N) is 1. The fraction of sp³-hybridized carbons (Fsp3) is 0.143. The van der Waals surface area contributed by atoms with Crippen LogP contribution < -0.4 is 5.32 Å². The summed E-state index contributed by atoms with van der Waals surface area (Å²) in [6.45, 7) is 0. The highest BCUT2D eigenvalue weighted by Gasteiger charge is 2.22. The molecule has 1 aromatic heterocycles. The molecule has 0 saturated heterocycles. The van der Waals surface area contributed by atoms with Crippen LogP contribution in [0.1, 0.15) is 32.8 Å². The number of rotatable bonds is 2. The van der Waals surface area contributed by atoms with Gasteiger partial charge in [-0.2, -0.15) is 5.26 Å². The number of anilines is 1. The molecule has 0 aliphatic heterocycles. The van der Waals surface area contributed by atoms with E-state index in [0.717, 1.165) is 53.0 Å². The smallest absolute Gasteiger partial charge is 0.265 e. The van der Waals surface area contributed by atoms with Crippen molar-refractivity contribution >= 4 is 22.9 Å². The maximum absolute atomic E-state index is 13.8. The molecule has 0 atom stereocenters. The minimum atomic E-state index is -0.814. The largest absolute Gasteiger partial charge is 0.316 e. The maximum atomic E-state index is 13.8. The second kappa shape index (κ2) is 6.93. The summed E-state index contributed by atoms with van der Waals surface area (Å²) in [7, 11) is 0. The first-order chi connectivity index (χ1) is 13.1. The number of amides is 1.